The first kappa shape index (κ1) is 14.9. The summed E-state index contributed by atoms with van der Waals surface area (Å²) in [6.45, 7) is 0. The Bertz CT molecular complexity index is 831. The van der Waals surface area contributed by atoms with Crippen LogP contribution >= 0.6 is 0 Å². The molecular weight excluding hydrogens is 311 g/mol. The van der Waals surface area contributed by atoms with Gasteiger partial charge in [0.25, 0.3) is 0 Å². The van der Waals surface area contributed by atoms with Crippen LogP contribution in [0.4, 0.5) is 24.7 Å². The Morgan fingerprint density at radius 1 is 1.13 bits per heavy atom. The van der Waals surface area contributed by atoms with Crippen molar-refractivity contribution in [2.45, 2.75) is 6.18 Å². The number of nitrogens with zero attached hydrogens (tertiary/aromatic N) is 2. The molecule has 0 amide bonds. The lowest BCUT2D eigenvalue weighted by Crippen LogP contribution is -2.23. The van der Waals surface area contributed by atoms with E-state index in [0.29, 0.717) is 16.0 Å². The smallest absolute Gasteiger partial charge is 0.416 e. The summed E-state index contributed by atoms with van der Waals surface area (Å²) in [6, 6.07) is 9.43. The first-order valence-electron chi connectivity index (χ1n) is 6.52. The average Bonchev–Trinajstić information content (AvgIpc) is 2.95. The molecule has 0 unspecified atom stereocenters. The quantitative estimate of drug-likeness (QED) is 0.589. The lowest BCUT2D eigenvalue weighted by Gasteiger charge is -2.08. The van der Waals surface area contributed by atoms with E-state index in [-0.39, 0.29) is 11.6 Å². The zero-order valence-electron chi connectivity index (χ0n) is 11.5. The number of alkyl halides is 3. The van der Waals surface area contributed by atoms with Crippen molar-refractivity contribution >= 4 is 11.6 Å². The second kappa shape index (κ2) is 5.64. The van der Waals surface area contributed by atoms with Gasteiger partial charge >= 0.3 is 6.18 Å². The lowest BCUT2D eigenvalue weighted by atomic mass is 10.2. The van der Waals surface area contributed by atoms with Crippen LogP contribution in [0.3, 0.4) is 0 Å². The van der Waals surface area contributed by atoms with Crippen LogP contribution in [-0.2, 0) is 6.18 Å². The Hall–Kier alpha value is -3.03. The number of hydrogen-bond acceptors (Lipinski definition) is 4. The van der Waals surface area contributed by atoms with E-state index in [0.717, 1.165) is 12.1 Å². The molecule has 3 aromatic rings. The van der Waals surface area contributed by atoms with Crippen molar-refractivity contribution < 1.29 is 22.4 Å². The van der Waals surface area contributed by atoms with E-state index >= 15 is 0 Å². The molecule has 0 saturated carbocycles. The molecule has 8 heteroatoms. The molecule has 1 aromatic carbocycles. The normalized spacial score (nSPS) is 11.4. The molecule has 0 aliphatic heterocycles. The summed E-state index contributed by atoms with van der Waals surface area (Å²) < 4.78 is 43.7. The Labute approximate surface area is 128 Å². The standard InChI is InChI=1S/C15H10F3N3O2/c16-15(17,18)11-4-1-5-12(7-11)19-14-8-13(20-23-14)10-3-2-6-21(22)9-10/h1-9,19H. The molecule has 5 nitrogen and oxygen atoms in total. The summed E-state index contributed by atoms with van der Waals surface area (Å²) in [5.41, 5.74) is 0.375. The number of halogens is 3. The minimum absolute atomic E-state index is 0.167. The fraction of sp³-hybridized carbons (Fsp3) is 0.0667. The molecule has 2 aromatic heterocycles. The molecule has 0 radical (unpaired) electrons. The highest BCUT2D eigenvalue weighted by Crippen LogP contribution is 2.31. The van der Waals surface area contributed by atoms with Gasteiger partial charge in [0.05, 0.1) is 11.1 Å². The van der Waals surface area contributed by atoms with Crippen LogP contribution in [0.15, 0.2) is 59.4 Å². The van der Waals surface area contributed by atoms with Gasteiger partial charge in [-0.15, -0.1) is 0 Å². The van der Waals surface area contributed by atoms with Crippen molar-refractivity contribution in [2.24, 2.45) is 0 Å². The number of nitrogens with one attached hydrogen (secondary N) is 1. The van der Waals surface area contributed by atoms with Gasteiger partial charge < -0.3 is 15.0 Å². The van der Waals surface area contributed by atoms with E-state index in [2.05, 4.69) is 10.5 Å². The third-order valence-electron chi connectivity index (χ3n) is 3.04. The van der Waals surface area contributed by atoms with Crippen LogP contribution in [-0.4, -0.2) is 5.16 Å². The number of aromatic nitrogens is 2. The van der Waals surface area contributed by atoms with E-state index in [1.54, 1.807) is 12.1 Å². The number of rotatable bonds is 3. The van der Waals surface area contributed by atoms with Gasteiger partial charge in [-0.3, -0.25) is 0 Å². The van der Waals surface area contributed by atoms with Gasteiger partial charge in [-0.1, -0.05) is 11.2 Å². The highest BCUT2D eigenvalue weighted by Gasteiger charge is 2.30. The summed E-state index contributed by atoms with van der Waals surface area (Å²) in [5.74, 6) is 0.167. The van der Waals surface area contributed by atoms with E-state index in [1.807, 2.05) is 0 Å². The zero-order valence-corrected chi connectivity index (χ0v) is 11.5. The van der Waals surface area contributed by atoms with E-state index < -0.39 is 11.7 Å². The largest absolute Gasteiger partial charge is 0.619 e. The van der Waals surface area contributed by atoms with Crippen molar-refractivity contribution in [3.05, 3.63) is 65.6 Å². The first-order chi connectivity index (χ1) is 10.9. The fourth-order valence-electron chi connectivity index (χ4n) is 1.99. The molecule has 0 atom stereocenters. The predicted molar refractivity (Wildman–Crippen MR) is 75.6 cm³/mol. The summed E-state index contributed by atoms with van der Waals surface area (Å²) in [5, 5.41) is 17.7. The number of pyridine rings is 1. The van der Waals surface area contributed by atoms with E-state index in [9.17, 15) is 18.4 Å². The van der Waals surface area contributed by atoms with Crippen molar-refractivity contribution in [3.8, 4) is 11.3 Å². The molecular formula is C15H10F3N3O2. The van der Waals surface area contributed by atoms with Gasteiger partial charge in [-0.05, 0) is 24.3 Å². The van der Waals surface area contributed by atoms with Crippen LogP contribution in [0, 0.1) is 5.21 Å². The monoisotopic (exact) mass is 321 g/mol. The molecule has 118 valence electrons. The second-order valence-electron chi connectivity index (χ2n) is 4.73. The maximum Gasteiger partial charge on any atom is 0.416 e. The molecule has 1 N–H and O–H groups in total. The maximum absolute atomic E-state index is 12.7. The molecule has 2 heterocycles. The third-order valence-corrected chi connectivity index (χ3v) is 3.04. The van der Waals surface area contributed by atoms with E-state index in [1.165, 1.54) is 30.6 Å². The van der Waals surface area contributed by atoms with E-state index in [4.69, 9.17) is 4.52 Å². The summed E-state index contributed by atoms with van der Waals surface area (Å²) in [6.07, 6.45) is -1.78. The van der Waals surface area contributed by atoms with Crippen LogP contribution in [0.5, 0.6) is 0 Å². The summed E-state index contributed by atoms with van der Waals surface area (Å²) >= 11 is 0. The highest BCUT2D eigenvalue weighted by molar-refractivity contribution is 5.63. The van der Waals surface area contributed by atoms with Crippen LogP contribution in [0.2, 0.25) is 0 Å². The molecule has 0 spiro atoms. The average molecular weight is 321 g/mol. The zero-order chi connectivity index (χ0) is 16.4. The number of benzene rings is 1. The van der Waals surface area contributed by atoms with Crippen molar-refractivity contribution in [1.29, 1.82) is 0 Å². The number of hydrogen-bond donors (Lipinski definition) is 1. The summed E-state index contributed by atoms with van der Waals surface area (Å²) in [4.78, 5) is 0. The van der Waals surface area contributed by atoms with Crippen molar-refractivity contribution in [3.63, 3.8) is 0 Å². The van der Waals surface area contributed by atoms with Gasteiger partial charge in [-0.25, -0.2) is 0 Å². The van der Waals surface area contributed by atoms with Crippen molar-refractivity contribution in [1.82, 2.24) is 5.16 Å². The topological polar surface area (TPSA) is 65.0 Å². The molecule has 0 fully saturated rings. The first-order valence-corrected chi connectivity index (χ1v) is 6.52. The second-order valence-corrected chi connectivity index (χ2v) is 4.73. The van der Waals surface area contributed by atoms with Gasteiger partial charge in [0.1, 0.15) is 5.69 Å². The molecule has 3 rings (SSSR count). The minimum atomic E-state index is -4.42. The third kappa shape index (κ3) is 3.42. The fourth-order valence-corrected chi connectivity index (χ4v) is 1.99. The SMILES string of the molecule is [O-][n+]1cccc(-c2cc(Nc3cccc(C(F)(F)F)c3)on2)c1. The molecule has 0 bridgehead atoms. The minimum Gasteiger partial charge on any atom is -0.619 e. The molecule has 0 aliphatic carbocycles. The van der Waals surface area contributed by atoms with Gasteiger partial charge in [0.2, 0.25) is 5.88 Å². The molecule has 0 aliphatic rings. The predicted octanol–water partition coefficient (Wildman–Crippen LogP) is 3.74. The Morgan fingerprint density at radius 3 is 2.70 bits per heavy atom. The molecule has 0 saturated heterocycles. The Balaban J connectivity index is 1.82. The maximum atomic E-state index is 12.7. The van der Waals surface area contributed by atoms with Crippen molar-refractivity contribution in [2.75, 3.05) is 5.32 Å². The van der Waals surface area contributed by atoms with Crippen LogP contribution in [0.25, 0.3) is 11.3 Å². The molecule has 23 heavy (non-hydrogen) atoms. The highest BCUT2D eigenvalue weighted by atomic mass is 19.4. The van der Waals surface area contributed by atoms with Crippen LogP contribution in [0.1, 0.15) is 5.56 Å². The number of anilines is 2. The van der Waals surface area contributed by atoms with Gasteiger partial charge in [-0.2, -0.15) is 17.9 Å². The van der Waals surface area contributed by atoms with Crippen LogP contribution < -0.4 is 10.0 Å². The lowest BCUT2D eigenvalue weighted by molar-refractivity contribution is -0.604. The Morgan fingerprint density at radius 2 is 1.96 bits per heavy atom. The van der Waals surface area contributed by atoms with Gasteiger partial charge in [0.15, 0.2) is 12.4 Å². The van der Waals surface area contributed by atoms with Gasteiger partial charge in [0, 0.05) is 17.8 Å². The summed E-state index contributed by atoms with van der Waals surface area (Å²) in [7, 11) is 0. The Kier molecular flexibility index (Phi) is 3.65.